The summed E-state index contributed by atoms with van der Waals surface area (Å²) in [6.07, 6.45) is 1.90. The molecule has 31 heavy (non-hydrogen) atoms. The van der Waals surface area contributed by atoms with Gasteiger partial charge in [-0.05, 0) is 92.6 Å². The van der Waals surface area contributed by atoms with Crippen LogP contribution in [0, 0.1) is 27.7 Å². The van der Waals surface area contributed by atoms with Crippen LogP contribution in [0.5, 0.6) is 0 Å². The van der Waals surface area contributed by atoms with E-state index in [1.165, 1.54) is 11.8 Å². The van der Waals surface area contributed by atoms with Gasteiger partial charge in [-0.15, -0.1) is 0 Å². The molecule has 0 aliphatic carbocycles. The highest BCUT2D eigenvalue weighted by Crippen LogP contribution is 2.32. The molecule has 0 radical (unpaired) electrons. The average molecular weight is 470 g/mol. The zero-order chi connectivity index (χ0) is 22.3. The number of hydrogen-bond acceptors (Lipinski definition) is 3. The van der Waals surface area contributed by atoms with Crippen LogP contribution in [-0.2, 0) is 4.79 Å². The Hall–Kier alpha value is -2.47. The van der Waals surface area contributed by atoms with Gasteiger partial charge in [0.15, 0.2) is 5.17 Å². The normalized spacial score (nSPS) is 16.4. The standard InChI is InChI=1S/C24H21Cl2N3OS/c1-13-5-7-18(11-20(13)25)27-24-28-23(30)22(31-24)10-17-9-15(3)29(16(17)4)19-8-6-14(2)21(26)12-19/h5-12H,1-4H3,(H,27,28,30)/b22-10-. The largest absolute Gasteiger partial charge is 0.318 e. The van der Waals surface area contributed by atoms with E-state index >= 15 is 0 Å². The Balaban J connectivity index is 1.64. The molecular formula is C24H21Cl2N3OS. The zero-order valence-corrected chi connectivity index (χ0v) is 19.9. The fraction of sp³-hybridized carbons (Fsp3) is 0.167. The number of nitrogens with zero attached hydrogens (tertiary/aromatic N) is 2. The fourth-order valence-electron chi connectivity index (χ4n) is 3.44. The van der Waals surface area contributed by atoms with Gasteiger partial charge < -0.3 is 9.88 Å². The van der Waals surface area contributed by atoms with Crippen molar-refractivity contribution in [2.45, 2.75) is 27.7 Å². The minimum atomic E-state index is -0.162. The monoisotopic (exact) mass is 469 g/mol. The molecule has 4 rings (SSSR count). The molecule has 1 aromatic heterocycles. The van der Waals surface area contributed by atoms with Crippen LogP contribution in [0.3, 0.4) is 0 Å². The van der Waals surface area contributed by atoms with Gasteiger partial charge in [-0.3, -0.25) is 4.79 Å². The van der Waals surface area contributed by atoms with Gasteiger partial charge >= 0.3 is 0 Å². The highest BCUT2D eigenvalue weighted by molar-refractivity contribution is 8.18. The lowest BCUT2D eigenvalue weighted by Gasteiger charge is -2.11. The minimum Gasteiger partial charge on any atom is -0.318 e. The number of thioether (sulfide) groups is 1. The molecule has 2 aromatic carbocycles. The third-order valence-electron chi connectivity index (χ3n) is 5.21. The van der Waals surface area contributed by atoms with Crippen molar-refractivity contribution in [3.8, 4) is 5.69 Å². The number of carbonyl (C=O) groups excluding carboxylic acids is 1. The van der Waals surface area contributed by atoms with Crippen LogP contribution in [0.2, 0.25) is 10.0 Å². The summed E-state index contributed by atoms with van der Waals surface area (Å²) in [5, 5.41) is 4.75. The molecule has 1 N–H and O–H groups in total. The quantitative estimate of drug-likeness (QED) is 0.423. The number of aromatic nitrogens is 1. The van der Waals surface area contributed by atoms with Gasteiger partial charge in [-0.1, -0.05) is 35.3 Å². The molecule has 1 saturated heterocycles. The number of halogens is 2. The number of benzene rings is 2. The number of amidine groups is 1. The Labute approximate surface area is 196 Å². The smallest absolute Gasteiger partial charge is 0.264 e. The number of rotatable bonds is 3. The summed E-state index contributed by atoms with van der Waals surface area (Å²) in [7, 11) is 0. The second-order valence-electron chi connectivity index (χ2n) is 7.51. The van der Waals surface area contributed by atoms with E-state index in [2.05, 4.69) is 20.9 Å². The Kier molecular flexibility index (Phi) is 6.02. The third kappa shape index (κ3) is 4.45. The lowest BCUT2D eigenvalue weighted by atomic mass is 10.2. The minimum absolute atomic E-state index is 0.162. The first-order valence-corrected chi connectivity index (χ1v) is 11.3. The van der Waals surface area contributed by atoms with Gasteiger partial charge in [-0.25, -0.2) is 4.99 Å². The summed E-state index contributed by atoms with van der Waals surface area (Å²) < 4.78 is 2.14. The molecule has 0 atom stereocenters. The van der Waals surface area contributed by atoms with Crippen molar-refractivity contribution in [2.75, 3.05) is 0 Å². The number of amides is 1. The van der Waals surface area contributed by atoms with Gasteiger partial charge in [0.05, 0.1) is 10.6 Å². The molecule has 0 unspecified atom stereocenters. The van der Waals surface area contributed by atoms with E-state index in [4.69, 9.17) is 23.2 Å². The maximum Gasteiger partial charge on any atom is 0.264 e. The molecule has 0 spiro atoms. The van der Waals surface area contributed by atoms with Crippen molar-refractivity contribution in [2.24, 2.45) is 4.99 Å². The van der Waals surface area contributed by atoms with Crippen molar-refractivity contribution >= 4 is 57.8 Å². The summed E-state index contributed by atoms with van der Waals surface area (Å²) >= 11 is 13.8. The second-order valence-corrected chi connectivity index (χ2v) is 9.36. The molecule has 0 bridgehead atoms. The van der Waals surface area contributed by atoms with E-state index in [9.17, 15) is 4.79 Å². The Bertz CT molecular complexity index is 1270. The van der Waals surface area contributed by atoms with E-state index in [0.29, 0.717) is 20.8 Å². The van der Waals surface area contributed by atoms with Crippen LogP contribution in [-0.4, -0.2) is 15.6 Å². The molecule has 1 fully saturated rings. The van der Waals surface area contributed by atoms with Crippen LogP contribution in [0.15, 0.2) is 52.4 Å². The van der Waals surface area contributed by atoms with Crippen LogP contribution in [0.1, 0.15) is 28.1 Å². The highest BCUT2D eigenvalue weighted by Gasteiger charge is 2.24. The summed E-state index contributed by atoms with van der Waals surface area (Å²) in [5.74, 6) is -0.162. The maximum absolute atomic E-state index is 12.5. The highest BCUT2D eigenvalue weighted by atomic mass is 35.5. The van der Waals surface area contributed by atoms with E-state index in [0.717, 1.165) is 38.8 Å². The fourth-order valence-corrected chi connectivity index (χ4v) is 4.62. The molecule has 158 valence electrons. The van der Waals surface area contributed by atoms with Crippen LogP contribution in [0.25, 0.3) is 11.8 Å². The number of aryl methyl sites for hydroxylation is 3. The van der Waals surface area contributed by atoms with Crippen LogP contribution >= 0.6 is 35.0 Å². The number of carbonyl (C=O) groups is 1. The molecule has 1 amide bonds. The second kappa shape index (κ2) is 8.58. The zero-order valence-electron chi connectivity index (χ0n) is 17.6. The van der Waals surface area contributed by atoms with Gasteiger partial charge in [0, 0.05) is 27.1 Å². The summed E-state index contributed by atoms with van der Waals surface area (Å²) in [4.78, 5) is 17.6. The average Bonchev–Trinajstić information content (AvgIpc) is 3.19. The van der Waals surface area contributed by atoms with Crippen molar-refractivity contribution in [3.05, 3.63) is 85.5 Å². The van der Waals surface area contributed by atoms with Crippen molar-refractivity contribution in [1.82, 2.24) is 9.88 Å². The van der Waals surface area contributed by atoms with Crippen LogP contribution in [0.4, 0.5) is 5.69 Å². The Morgan fingerprint density at radius 3 is 2.32 bits per heavy atom. The van der Waals surface area contributed by atoms with E-state index in [1.54, 1.807) is 6.07 Å². The number of aliphatic imine (C=N–C) groups is 1. The first kappa shape index (κ1) is 21.8. The lowest BCUT2D eigenvalue weighted by molar-refractivity contribution is -0.115. The molecule has 1 aliphatic rings. The van der Waals surface area contributed by atoms with E-state index in [1.807, 2.05) is 64.1 Å². The number of hydrogen-bond donors (Lipinski definition) is 1. The van der Waals surface area contributed by atoms with Crippen LogP contribution < -0.4 is 5.32 Å². The summed E-state index contributed by atoms with van der Waals surface area (Å²) in [6.45, 7) is 8.00. The van der Waals surface area contributed by atoms with Gasteiger partial charge in [0.2, 0.25) is 0 Å². The SMILES string of the molecule is Cc1ccc(N=C2NC(=O)/C(=C/c3cc(C)n(-c4ccc(C)c(Cl)c4)c3C)S2)cc1Cl. The Morgan fingerprint density at radius 2 is 1.65 bits per heavy atom. The maximum atomic E-state index is 12.5. The first-order chi connectivity index (χ1) is 14.7. The summed E-state index contributed by atoms with van der Waals surface area (Å²) in [6, 6.07) is 13.7. The molecule has 3 aromatic rings. The molecule has 2 heterocycles. The predicted molar refractivity (Wildman–Crippen MR) is 132 cm³/mol. The first-order valence-electron chi connectivity index (χ1n) is 9.74. The topological polar surface area (TPSA) is 46.4 Å². The molecule has 1 aliphatic heterocycles. The van der Waals surface area contributed by atoms with Crippen molar-refractivity contribution < 1.29 is 4.79 Å². The Morgan fingerprint density at radius 1 is 0.968 bits per heavy atom. The molecule has 0 saturated carbocycles. The molecular weight excluding hydrogens is 449 g/mol. The third-order valence-corrected chi connectivity index (χ3v) is 6.93. The number of nitrogens with one attached hydrogen (secondary N) is 1. The lowest BCUT2D eigenvalue weighted by Crippen LogP contribution is -2.19. The molecule has 7 heteroatoms. The summed E-state index contributed by atoms with van der Waals surface area (Å²) in [5.41, 5.74) is 6.80. The van der Waals surface area contributed by atoms with Crippen molar-refractivity contribution in [1.29, 1.82) is 0 Å². The molecule has 4 nitrogen and oxygen atoms in total. The van der Waals surface area contributed by atoms with E-state index < -0.39 is 0 Å². The van der Waals surface area contributed by atoms with Gasteiger partial charge in [0.1, 0.15) is 0 Å². The predicted octanol–water partition coefficient (Wildman–Crippen LogP) is 6.91. The van der Waals surface area contributed by atoms with Gasteiger partial charge in [0.25, 0.3) is 5.91 Å². The van der Waals surface area contributed by atoms with E-state index in [-0.39, 0.29) is 5.91 Å². The van der Waals surface area contributed by atoms with Gasteiger partial charge in [-0.2, -0.15) is 0 Å². The van der Waals surface area contributed by atoms with Crippen molar-refractivity contribution in [3.63, 3.8) is 0 Å².